The van der Waals surface area contributed by atoms with Crippen molar-refractivity contribution in [2.24, 2.45) is 0 Å². The minimum atomic E-state index is -0.397. The molecule has 4 aromatic rings. The highest BCUT2D eigenvalue weighted by Gasteiger charge is 2.29. The van der Waals surface area contributed by atoms with Crippen LogP contribution in [0.15, 0.2) is 60.7 Å². The van der Waals surface area contributed by atoms with Crippen molar-refractivity contribution in [1.82, 2.24) is 26.3 Å². The Bertz CT molecular complexity index is 2170. The van der Waals surface area contributed by atoms with E-state index in [9.17, 15) is 19.6 Å². The number of methoxy groups -OCH3 is 1. The van der Waals surface area contributed by atoms with E-state index in [0.29, 0.717) is 84.6 Å². The van der Waals surface area contributed by atoms with E-state index in [0.717, 1.165) is 46.2 Å². The van der Waals surface area contributed by atoms with Gasteiger partial charge in [-0.1, -0.05) is 59.6 Å². The fraction of sp³-hybridized carbons (Fsp3) is 0.341. The van der Waals surface area contributed by atoms with Crippen LogP contribution < -0.4 is 36.1 Å². The number of fused-ring (bicyclic) bond motifs is 1. The van der Waals surface area contributed by atoms with Gasteiger partial charge < -0.3 is 36.1 Å². The lowest BCUT2D eigenvalue weighted by molar-refractivity contribution is -0.120. The van der Waals surface area contributed by atoms with E-state index >= 15 is 0 Å². The van der Waals surface area contributed by atoms with Crippen molar-refractivity contribution < 1.29 is 23.9 Å². The Morgan fingerprint density at radius 1 is 0.873 bits per heavy atom. The molecule has 12 nitrogen and oxygen atoms in total. The maximum absolute atomic E-state index is 13.6. The topological polar surface area (TPSA) is 166 Å². The van der Waals surface area contributed by atoms with E-state index in [4.69, 9.17) is 32.7 Å². The first kappa shape index (κ1) is 38.1. The average molecular weight is 783 g/mol. The summed E-state index contributed by atoms with van der Waals surface area (Å²) < 4.78 is 12.0. The molecular formula is C41H41Cl2N7O5. The van der Waals surface area contributed by atoms with E-state index in [-0.39, 0.29) is 35.9 Å². The Hall–Kier alpha value is -5.19. The number of hydrogen-bond donors (Lipinski definition) is 5. The van der Waals surface area contributed by atoms with Crippen molar-refractivity contribution in [1.29, 1.82) is 5.26 Å². The summed E-state index contributed by atoms with van der Waals surface area (Å²) in [6.07, 6.45) is 3.75. The minimum absolute atomic E-state index is 0.0591. The van der Waals surface area contributed by atoms with Gasteiger partial charge >= 0.3 is 0 Å². The zero-order valence-corrected chi connectivity index (χ0v) is 31.8. The summed E-state index contributed by atoms with van der Waals surface area (Å²) in [5, 5.41) is 25.9. The van der Waals surface area contributed by atoms with Gasteiger partial charge in [-0.25, -0.2) is 0 Å². The van der Waals surface area contributed by atoms with E-state index in [2.05, 4.69) is 37.6 Å². The molecule has 3 amide bonds. The number of amides is 3. The number of anilines is 1. The molecule has 0 radical (unpaired) electrons. The third-order valence-electron chi connectivity index (χ3n) is 10.2. The first-order valence-corrected chi connectivity index (χ1v) is 19.1. The van der Waals surface area contributed by atoms with E-state index < -0.39 is 5.91 Å². The van der Waals surface area contributed by atoms with Crippen LogP contribution in [0.4, 0.5) is 5.69 Å². The van der Waals surface area contributed by atoms with Crippen LogP contribution in [0.2, 0.25) is 10.0 Å². The highest BCUT2D eigenvalue weighted by Crippen LogP contribution is 2.43. The quantitative estimate of drug-likeness (QED) is 0.103. The smallest absolute Gasteiger partial charge is 0.257 e. The lowest BCUT2D eigenvalue weighted by Crippen LogP contribution is -2.35. The van der Waals surface area contributed by atoms with E-state index in [1.165, 1.54) is 0 Å². The van der Waals surface area contributed by atoms with Crippen molar-refractivity contribution in [3.63, 3.8) is 0 Å². The van der Waals surface area contributed by atoms with Crippen LogP contribution in [-0.2, 0) is 29.1 Å². The molecule has 2 fully saturated rings. The molecule has 0 spiro atoms. The Morgan fingerprint density at radius 3 is 2.24 bits per heavy atom. The molecule has 0 bridgehead atoms. The highest BCUT2D eigenvalue weighted by molar-refractivity contribution is 6.37. The summed E-state index contributed by atoms with van der Waals surface area (Å²) in [5.74, 6) is 0.410. The van der Waals surface area contributed by atoms with Gasteiger partial charge in [0.25, 0.3) is 5.91 Å². The molecule has 1 aromatic heterocycles. The monoisotopic (exact) mass is 781 g/mol. The normalized spacial score (nSPS) is 18.7. The standard InChI is InChI=1S/C41H41Cl2N7O5/c1-54-40-25(20-46-22-28-11-15-37(52)48-28)17-34(42)41(50-40)55-35-13-12-30-29(4-2-5-31(30)35)32-6-3-7-33(38(32)43)39(53)49-26-9-8-23(24(16-26)18-44)19-45-21-27-10-14-36(51)47-27/h2-9,16-17,27-28,35,45-46H,10-15,19-22H2,1H3,(H,47,51)(H,48,52)(H,49,53)/t27-,28-,35-/m0/s1. The van der Waals surface area contributed by atoms with E-state index in [1.807, 2.05) is 30.3 Å². The first-order chi connectivity index (χ1) is 26.7. The molecular weight excluding hydrogens is 741 g/mol. The van der Waals surface area contributed by atoms with Crippen LogP contribution in [0.1, 0.15) is 76.4 Å². The van der Waals surface area contributed by atoms with Crippen molar-refractivity contribution in [2.75, 3.05) is 25.5 Å². The minimum Gasteiger partial charge on any atom is -0.481 e. The third kappa shape index (κ3) is 8.71. The summed E-state index contributed by atoms with van der Waals surface area (Å²) in [4.78, 5) is 41.2. The Balaban J connectivity index is 1.02. The highest BCUT2D eigenvalue weighted by atomic mass is 35.5. The fourth-order valence-corrected chi connectivity index (χ4v) is 7.99. The number of carbonyl (C=O) groups is 3. The number of benzene rings is 3. The van der Waals surface area contributed by atoms with Gasteiger partial charge in [0.1, 0.15) is 11.1 Å². The predicted molar refractivity (Wildman–Crippen MR) is 209 cm³/mol. The maximum Gasteiger partial charge on any atom is 0.257 e. The second kappa shape index (κ2) is 17.1. The van der Waals surface area contributed by atoms with Crippen LogP contribution >= 0.6 is 23.2 Å². The summed E-state index contributed by atoms with van der Waals surface area (Å²) in [7, 11) is 1.55. The molecule has 0 unspecified atom stereocenters. The number of halogens is 2. The molecule has 2 aliphatic heterocycles. The van der Waals surface area contributed by atoms with Crippen LogP contribution in [-0.4, -0.2) is 55.0 Å². The zero-order valence-electron chi connectivity index (χ0n) is 30.3. The molecule has 3 atom stereocenters. The molecule has 14 heteroatoms. The van der Waals surface area contributed by atoms with Crippen molar-refractivity contribution in [2.45, 2.75) is 69.8 Å². The van der Waals surface area contributed by atoms with Gasteiger partial charge in [-0.05, 0) is 72.2 Å². The number of ether oxygens (including phenoxy) is 2. The van der Waals surface area contributed by atoms with Crippen LogP contribution in [0.3, 0.4) is 0 Å². The Kier molecular flexibility index (Phi) is 11.8. The SMILES string of the molecule is COc1nc(O[C@H]2CCc3c(-c4cccc(C(=O)Nc5ccc(CNC[C@@H]6CCC(=O)N6)c(C#N)c5)c4Cl)cccc32)c(Cl)cc1CNC[C@@H]1CCC(=O)N1. The van der Waals surface area contributed by atoms with Gasteiger partial charge in [0.2, 0.25) is 23.6 Å². The zero-order chi connectivity index (χ0) is 38.5. The summed E-state index contributed by atoms with van der Waals surface area (Å²) >= 11 is 13.7. The number of nitriles is 1. The number of carbonyl (C=O) groups excluding carboxylic acids is 3. The molecule has 7 rings (SSSR count). The molecule has 0 saturated carbocycles. The molecule has 55 heavy (non-hydrogen) atoms. The van der Waals surface area contributed by atoms with Gasteiger partial charge in [-0.2, -0.15) is 10.2 Å². The predicted octanol–water partition coefficient (Wildman–Crippen LogP) is 5.99. The third-order valence-corrected chi connectivity index (χ3v) is 10.9. The number of nitrogens with one attached hydrogen (secondary N) is 5. The van der Waals surface area contributed by atoms with E-state index in [1.54, 1.807) is 37.4 Å². The molecule has 1 aliphatic carbocycles. The van der Waals surface area contributed by atoms with Gasteiger partial charge in [-0.15, -0.1) is 0 Å². The van der Waals surface area contributed by atoms with Gasteiger partial charge in [0.15, 0.2) is 0 Å². The summed E-state index contributed by atoms with van der Waals surface area (Å²) in [6.45, 7) is 2.16. The lowest BCUT2D eigenvalue weighted by atomic mass is 9.95. The van der Waals surface area contributed by atoms with Gasteiger partial charge in [-0.3, -0.25) is 14.4 Å². The number of nitrogens with zero attached hydrogens (tertiary/aromatic N) is 2. The Morgan fingerprint density at radius 2 is 1.56 bits per heavy atom. The van der Waals surface area contributed by atoms with Gasteiger partial charge in [0.05, 0.1) is 29.3 Å². The maximum atomic E-state index is 13.6. The van der Waals surface area contributed by atoms with Crippen LogP contribution in [0.5, 0.6) is 11.8 Å². The van der Waals surface area contributed by atoms with Crippen molar-refractivity contribution in [3.05, 3.63) is 104 Å². The van der Waals surface area contributed by atoms with Crippen LogP contribution in [0.25, 0.3) is 11.1 Å². The number of rotatable bonds is 14. The largest absolute Gasteiger partial charge is 0.481 e. The Labute approximate surface area is 329 Å². The molecule has 3 heterocycles. The fourth-order valence-electron chi connectivity index (χ4n) is 7.45. The number of hydrogen-bond acceptors (Lipinski definition) is 9. The average Bonchev–Trinajstić information content (AvgIpc) is 3.92. The first-order valence-electron chi connectivity index (χ1n) is 18.4. The van der Waals surface area contributed by atoms with Crippen molar-refractivity contribution >= 4 is 46.6 Å². The molecule has 2 saturated heterocycles. The molecule has 3 aromatic carbocycles. The second-order valence-electron chi connectivity index (χ2n) is 13.9. The van der Waals surface area contributed by atoms with Crippen LogP contribution in [0, 0.1) is 11.3 Å². The molecule has 3 aliphatic rings. The number of pyridine rings is 1. The van der Waals surface area contributed by atoms with Gasteiger partial charge in [0, 0.05) is 67.9 Å². The lowest BCUT2D eigenvalue weighted by Gasteiger charge is -2.18. The summed E-state index contributed by atoms with van der Waals surface area (Å²) in [6, 6.07) is 20.7. The number of aromatic nitrogens is 1. The van der Waals surface area contributed by atoms with Crippen molar-refractivity contribution in [3.8, 4) is 29.0 Å². The summed E-state index contributed by atoms with van der Waals surface area (Å²) in [5.41, 5.74) is 6.45. The molecule has 5 N–H and O–H groups in total. The second-order valence-corrected chi connectivity index (χ2v) is 14.7. The molecule has 284 valence electrons.